The molecule has 1 fully saturated rings. The van der Waals surface area contributed by atoms with E-state index in [9.17, 15) is 8.42 Å². The third kappa shape index (κ3) is 2.64. The lowest BCUT2D eigenvalue weighted by Gasteiger charge is -2.23. The van der Waals surface area contributed by atoms with E-state index in [0.29, 0.717) is 11.6 Å². The summed E-state index contributed by atoms with van der Waals surface area (Å²) < 4.78 is 25.5. The molecule has 0 unspecified atom stereocenters. The quantitative estimate of drug-likeness (QED) is 0.849. The number of hydrogen-bond acceptors (Lipinski definition) is 2. The number of hydrogen-bond donors (Lipinski definition) is 0. The van der Waals surface area contributed by atoms with Gasteiger partial charge in [0.15, 0.2) is 0 Å². The molecule has 0 bridgehead atoms. The van der Waals surface area contributed by atoms with Crippen molar-refractivity contribution in [2.75, 3.05) is 12.3 Å². The molecule has 0 spiro atoms. The van der Waals surface area contributed by atoms with E-state index < -0.39 is 10.0 Å². The summed E-state index contributed by atoms with van der Waals surface area (Å²) in [6.45, 7) is 2.32. The smallest absolute Gasteiger partial charge is 0.212 e. The molecule has 1 aromatic carbocycles. The third-order valence-electron chi connectivity index (χ3n) is 3.18. The van der Waals surface area contributed by atoms with Gasteiger partial charge in [-0.25, -0.2) is 8.42 Å². The van der Waals surface area contributed by atoms with Gasteiger partial charge >= 0.3 is 0 Å². The van der Waals surface area contributed by atoms with Gasteiger partial charge < -0.3 is 0 Å². The Balaban J connectivity index is 2.29. The van der Waals surface area contributed by atoms with Crippen LogP contribution in [0.25, 0.3) is 0 Å². The first kappa shape index (κ1) is 12.9. The second-order valence-electron chi connectivity index (χ2n) is 4.22. The number of nitrogens with zero attached hydrogens (tertiary/aromatic N) is 1. The number of halogens is 1. The van der Waals surface area contributed by atoms with Crippen LogP contribution in [-0.2, 0) is 10.0 Å². The van der Waals surface area contributed by atoms with Crippen molar-refractivity contribution >= 4 is 21.6 Å². The highest BCUT2D eigenvalue weighted by molar-refractivity contribution is 7.89. The van der Waals surface area contributed by atoms with Gasteiger partial charge in [-0.05, 0) is 37.5 Å². The van der Waals surface area contributed by atoms with E-state index in [4.69, 9.17) is 11.6 Å². The van der Waals surface area contributed by atoms with Crippen LogP contribution in [0.1, 0.15) is 31.4 Å². The second-order valence-corrected chi connectivity index (χ2v) is 6.87. The lowest BCUT2D eigenvalue weighted by atomic mass is 10.1. The van der Waals surface area contributed by atoms with E-state index in [1.54, 1.807) is 11.2 Å². The highest BCUT2D eigenvalue weighted by atomic mass is 35.5. The summed E-state index contributed by atoms with van der Waals surface area (Å²) in [4.78, 5) is 0. The maximum Gasteiger partial charge on any atom is 0.214 e. The molecule has 0 aliphatic carbocycles. The summed E-state index contributed by atoms with van der Waals surface area (Å²) in [7, 11) is -3.11. The van der Waals surface area contributed by atoms with Gasteiger partial charge in [0.25, 0.3) is 0 Å². The molecule has 1 aliphatic rings. The van der Waals surface area contributed by atoms with Crippen molar-refractivity contribution in [3.63, 3.8) is 0 Å². The molecule has 0 saturated carbocycles. The molecular formula is C12H16ClNO2S. The second kappa shape index (κ2) is 4.96. The predicted molar refractivity (Wildman–Crippen MR) is 69.6 cm³/mol. The van der Waals surface area contributed by atoms with Gasteiger partial charge in [-0.3, -0.25) is 0 Å². The average Bonchev–Trinajstić information content (AvgIpc) is 2.80. The fourth-order valence-electron chi connectivity index (χ4n) is 2.26. The van der Waals surface area contributed by atoms with Gasteiger partial charge in [-0.15, -0.1) is 0 Å². The fraction of sp³-hybridized carbons (Fsp3) is 0.500. The van der Waals surface area contributed by atoms with Gasteiger partial charge in [-0.2, -0.15) is 4.31 Å². The van der Waals surface area contributed by atoms with Crippen LogP contribution >= 0.6 is 11.6 Å². The zero-order valence-electron chi connectivity index (χ0n) is 9.77. The Morgan fingerprint density at radius 3 is 2.59 bits per heavy atom. The van der Waals surface area contributed by atoms with Crippen molar-refractivity contribution in [3.05, 3.63) is 34.9 Å². The molecular weight excluding hydrogens is 258 g/mol. The summed E-state index contributed by atoms with van der Waals surface area (Å²) >= 11 is 5.84. The van der Waals surface area contributed by atoms with Crippen molar-refractivity contribution < 1.29 is 8.42 Å². The highest BCUT2D eigenvalue weighted by Gasteiger charge is 2.33. The molecule has 0 N–H and O–H groups in total. The van der Waals surface area contributed by atoms with E-state index in [0.717, 1.165) is 18.4 Å². The third-order valence-corrected chi connectivity index (χ3v) is 5.31. The minimum Gasteiger partial charge on any atom is -0.212 e. The molecule has 1 aliphatic heterocycles. The summed E-state index contributed by atoms with van der Waals surface area (Å²) in [6.07, 6.45) is 1.81. The van der Waals surface area contributed by atoms with Crippen LogP contribution in [0.15, 0.2) is 24.3 Å². The van der Waals surface area contributed by atoms with Gasteiger partial charge in [0, 0.05) is 17.6 Å². The van der Waals surface area contributed by atoms with Crippen molar-refractivity contribution in [3.8, 4) is 0 Å². The fourth-order valence-corrected chi connectivity index (χ4v) is 3.74. The molecule has 17 heavy (non-hydrogen) atoms. The van der Waals surface area contributed by atoms with Gasteiger partial charge in [-0.1, -0.05) is 23.7 Å². The molecule has 94 valence electrons. The minimum atomic E-state index is -3.11. The van der Waals surface area contributed by atoms with E-state index in [1.807, 2.05) is 24.3 Å². The average molecular weight is 274 g/mol. The molecule has 1 atom stereocenters. The van der Waals surface area contributed by atoms with Crippen molar-refractivity contribution in [1.82, 2.24) is 4.31 Å². The van der Waals surface area contributed by atoms with Gasteiger partial charge in [0.1, 0.15) is 0 Å². The summed E-state index contributed by atoms with van der Waals surface area (Å²) in [6, 6.07) is 7.43. The zero-order valence-corrected chi connectivity index (χ0v) is 11.3. The van der Waals surface area contributed by atoms with Crippen molar-refractivity contribution in [2.45, 2.75) is 25.8 Å². The van der Waals surface area contributed by atoms with Gasteiger partial charge in [0.2, 0.25) is 10.0 Å². The molecule has 1 heterocycles. The first-order valence-electron chi connectivity index (χ1n) is 5.79. The first-order valence-corrected chi connectivity index (χ1v) is 7.78. The maximum absolute atomic E-state index is 12.0. The largest absolute Gasteiger partial charge is 0.214 e. The molecule has 0 radical (unpaired) electrons. The maximum atomic E-state index is 12.0. The molecule has 1 saturated heterocycles. The summed E-state index contributed by atoms with van der Waals surface area (Å²) in [5.41, 5.74) is 1.03. The van der Waals surface area contributed by atoms with Crippen LogP contribution in [0.3, 0.4) is 0 Å². The van der Waals surface area contributed by atoms with Crippen LogP contribution < -0.4 is 0 Å². The minimum absolute atomic E-state index is 0.0165. The lowest BCUT2D eigenvalue weighted by Crippen LogP contribution is -2.31. The van der Waals surface area contributed by atoms with Crippen LogP contribution in [-0.4, -0.2) is 25.0 Å². The molecule has 3 nitrogen and oxygen atoms in total. The molecule has 0 aromatic heterocycles. The standard InChI is InChI=1S/C12H16ClNO2S/c1-2-17(15,16)14-9-3-4-12(14)10-5-7-11(13)8-6-10/h5-8,12H,2-4,9H2,1H3/t12-/m0/s1. The lowest BCUT2D eigenvalue weighted by molar-refractivity contribution is 0.397. The topological polar surface area (TPSA) is 37.4 Å². The van der Waals surface area contributed by atoms with Crippen LogP contribution in [0.5, 0.6) is 0 Å². The highest BCUT2D eigenvalue weighted by Crippen LogP contribution is 2.34. The van der Waals surface area contributed by atoms with Crippen molar-refractivity contribution in [2.24, 2.45) is 0 Å². The number of rotatable bonds is 3. The molecule has 1 aromatic rings. The molecule has 5 heteroatoms. The van der Waals surface area contributed by atoms with Gasteiger partial charge in [0.05, 0.1) is 5.75 Å². The summed E-state index contributed by atoms with van der Waals surface area (Å²) in [5, 5.41) is 0.677. The molecule has 0 amide bonds. The monoisotopic (exact) mass is 273 g/mol. The zero-order chi connectivity index (χ0) is 12.5. The summed E-state index contributed by atoms with van der Waals surface area (Å²) in [5.74, 6) is 0.164. The van der Waals surface area contributed by atoms with Crippen LogP contribution in [0, 0.1) is 0 Å². The van der Waals surface area contributed by atoms with E-state index in [2.05, 4.69) is 0 Å². The Morgan fingerprint density at radius 2 is 2.00 bits per heavy atom. The number of sulfonamides is 1. The van der Waals surface area contributed by atoms with Crippen molar-refractivity contribution in [1.29, 1.82) is 0 Å². The predicted octanol–water partition coefficient (Wildman–Crippen LogP) is 2.83. The van der Waals surface area contributed by atoms with E-state index in [-0.39, 0.29) is 11.8 Å². The van der Waals surface area contributed by atoms with E-state index in [1.165, 1.54) is 0 Å². The SMILES string of the molecule is CCS(=O)(=O)N1CCC[C@H]1c1ccc(Cl)cc1. The first-order chi connectivity index (χ1) is 8.04. The Hall–Kier alpha value is -0.580. The van der Waals surface area contributed by atoms with E-state index >= 15 is 0 Å². The van der Waals surface area contributed by atoms with Crippen LogP contribution in [0.2, 0.25) is 5.02 Å². The number of benzene rings is 1. The Labute approximate surface area is 107 Å². The Kier molecular flexibility index (Phi) is 3.76. The normalized spacial score (nSPS) is 21.9. The Bertz CT molecular complexity index is 484. The van der Waals surface area contributed by atoms with Crippen LogP contribution in [0.4, 0.5) is 0 Å². The molecule has 2 rings (SSSR count). The Morgan fingerprint density at radius 1 is 1.35 bits per heavy atom.